The van der Waals surface area contributed by atoms with Crippen molar-refractivity contribution in [3.63, 3.8) is 0 Å². The Hall–Kier alpha value is -2.77. The molecule has 0 saturated heterocycles. The predicted molar refractivity (Wildman–Crippen MR) is 84.6 cm³/mol. The van der Waals surface area contributed by atoms with Crippen molar-refractivity contribution < 1.29 is 22.6 Å². The van der Waals surface area contributed by atoms with E-state index in [0.717, 1.165) is 17.8 Å². The van der Waals surface area contributed by atoms with E-state index in [0.29, 0.717) is 17.2 Å². The second kappa shape index (κ2) is 7.20. The number of rotatable bonds is 5. The zero-order valence-electron chi connectivity index (χ0n) is 13.3. The van der Waals surface area contributed by atoms with Crippen molar-refractivity contribution in [2.75, 3.05) is 19.6 Å². The lowest BCUT2D eigenvalue weighted by atomic mass is 10.1. The van der Waals surface area contributed by atoms with Gasteiger partial charge in [-0.1, -0.05) is 0 Å². The Morgan fingerprint density at radius 3 is 2.42 bits per heavy atom. The van der Waals surface area contributed by atoms with Gasteiger partial charge in [0.15, 0.2) is 0 Å². The second-order valence-electron chi connectivity index (χ2n) is 4.81. The Labute approximate surface area is 137 Å². The van der Waals surface area contributed by atoms with Crippen LogP contribution in [0.3, 0.4) is 0 Å². The molecule has 8 heteroatoms. The number of hydrazone groups is 1. The fraction of sp³-hybridized carbons (Fsp3) is 0.250. The van der Waals surface area contributed by atoms with E-state index >= 15 is 0 Å². The van der Waals surface area contributed by atoms with E-state index < -0.39 is 11.7 Å². The molecular formula is C16H16F3N3O2. The van der Waals surface area contributed by atoms with Gasteiger partial charge >= 0.3 is 6.18 Å². The standard InChI is InChI=1S/C16H16F3N3O2/c1-10(13-6-5-12(23-2)8-14(13)24-3)21-22-15-7-4-11(9-20-15)16(17,18)19/h4-9H,1-3H3,(H,20,22)/b21-10-. The molecular weight excluding hydrogens is 323 g/mol. The number of benzene rings is 1. The van der Waals surface area contributed by atoms with Gasteiger partial charge in [0, 0.05) is 17.8 Å². The molecule has 0 aliphatic carbocycles. The van der Waals surface area contributed by atoms with Crippen molar-refractivity contribution in [1.82, 2.24) is 4.98 Å². The lowest BCUT2D eigenvalue weighted by molar-refractivity contribution is -0.137. The van der Waals surface area contributed by atoms with Crippen LogP contribution < -0.4 is 14.9 Å². The van der Waals surface area contributed by atoms with Crippen LogP contribution in [0.15, 0.2) is 41.6 Å². The summed E-state index contributed by atoms with van der Waals surface area (Å²) in [5, 5.41) is 4.12. The molecule has 24 heavy (non-hydrogen) atoms. The quantitative estimate of drug-likeness (QED) is 0.662. The maximum absolute atomic E-state index is 12.5. The van der Waals surface area contributed by atoms with Crippen LogP contribution in [-0.4, -0.2) is 24.9 Å². The number of alkyl halides is 3. The number of methoxy groups -OCH3 is 2. The SMILES string of the molecule is COc1ccc(/C(C)=N\Nc2ccc(C(F)(F)F)cn2)c(OC)c1. The minimum atomic E-state index is -4.42. The van der Waals surface area contributed by atoms with Crippen molar-refractivity contribution in [1.29, 1.82) is 0 Å². The Morgan fingerprint density at radius 2 is 1.88 bits per heavy atom. The molecule has 0 aliphatic rings. The van der Waals surface area contributed by atoms with Crippen LogP contribution in [0.4, 0.5) is 19.0 Å². The number of hydrogen-bond acceptors (Lipinski definition) is 5. The van der Waals surface area contributed by atoms with Gasteiger partial charge in [0.1, 0.15) is 17.3 Å². The number of ether oxygens (including phenoxy) is 2. The number of nitrogens with zero attached hydrogens (tertiary/aromatic N) is 2. The van der Waals surface area contributed by atoms with Gasteiger partial charge in [-0.3, -0.25) is 5.43 Å². The minimum Gasteiger partial charge on any atom is -0.497 e. The first-order valence-corrected chi connectivity index (χ1v) is 6.91. The molecule has 0 fully saturated rings. The van der Waals surface area contributed by atoms with Crippen molar-refractivity contribution in [3.05, 3.63) is 47.7 Å². The third kappa shape index (κ3) is 4.15. The van der Waals surface area contributed by atoms with E-state index in [4.69, 9.17) is 9.47 Å². The van der Waals surface area contributed by atoms with E-state index in [2.05, 4.69) is 15.5 Å². The highest BCUT2D eigenvalue weighted by Gasteiger charge is 2.30. The summed E-state index contributed by atoms with van der Waals surface area (Å²) in [6.45, 7) is 1.74. The molecule has 0 bridgehead atoms. The molecule has 0 saturated carbocycles. The maximum atomic E-state index is 12.5. The van der Waals surface area contributed by atoms with Gasteiger partial charge in [-0.15, -0.1) is 0 Å². The molecule has 0 amide bonds. The average Bonchev–Trinajstić information content (AvgIpc) is 2.58. The third-order valence-corrected chi connectivity index (χ3v) is 3.23. The molecule has 0 aliphatic heterocycles. The van der Waals surface area contributed by atoms with Crippen LogP contribution >= 0.6 is 0 Å². The largest absolute Gasteiger partial charge is 0.497 e. The van der Waals surface area contributed by atoms with E-state index in [1.54, 1.807) is 32.2 Å². The van der Waals surface area contributed by atoms with Gasteiger partial charge in [0.05, 0.1) is 25.5 Å². The first kappa shape index (κ1) is 17.6. The zero-order chi connectivity index (χ0) is 17.7. The monoisotopic (exact) mass is 339 g/mol. The summed E-state index contributed by atoms with van der Waals surface area (Å²) in [7, 11) is 3.07. The van der Waals surface area contributed by atoms with Gasteiger partial charge in [0.25, 0.3) is 0 Å². The summed E-state index contributed by atoms with van der Waals surface area (Å²) in [6.07, 6.45) is -3.66. The Morgan fingerprint density at radius 1 is 1.12 bits per heavy atom. The van der Waals surface area contributed by atoms with Crippen LogP contribution in [0, 0.1) is 0 Å². The van der Waals surface area contributed by atoms with Crippen LogP contribution in [-0.2, 0) is 6.18 Å². The molecule has 0 unspecified atom stereocenters. The number of anilines is 1. The van der Waals surface area contributed by atoms with Crippen LogP contribution in [0.1, 0.15) is 18.1 Å². The van der Waals surface area contributed by atoms with Crippen LogP contribution in [0.25, 0.3) is 0 Å². The van der Waals surface area contributed by atoms with Gasteiger partial charge in [-0.2, -0.15) is 18.3 Å². The minimum absolute atomic E-state index is 0.204. The lowest BCUT2D eigenvalue weighted by Crippen LogP contribution is -2.06. The molecule has 1 aromatic heterocycles. The smallest absolute Gasteiger partial charge is 0.417 e. The highest BCUT2D eigenvalue weighted by Crippen LogP contribution is 2.29. The Balaban J connectivity index is 2.17. The summed E-state index contributed by atoms with van der Waals surface area (Å²) < 4.78 is 47.9. The van der Waals surface area contributed by atoms with Crippen molar-refractivity contribution in [3.8, 4) is 11.5 Å². The van der Waals surface area contributed by atoms with E-state index in [-0.39, 0.29) is 5.82 Å². The molecule has 5 nitrogen and oxygen atoms in total. The van der Waals surface area contributed by atoms with Gasteiger partial charge in [-0.05, 0) is 31.2 Å². The topological polar surface area (TPSA) is 55.7 Å². The fourth-order valence-electron chi connectivity index (χ4n) is 1.93. The number of aromatic nitrogens is 1. The number of hydrogen-bond donors (Lipinski definition) is 1. The van der Waals surface area contributed by atoms with Crippen molar-refractivity contribution in [2.45, 2.75) is 13.1 Å². The third-order valence-electron chi connectivity index (χ3n) is 3.23. The van der Waals surface area contributed by atoms with Gasteiger partial charge < -0.3 is 9.47 Å². The molecule has 1 aromatic carbocycles. The highest BCUT2D eigenvalue weighted by atomic mass is 19.4. The van der Waals surface area contributed by atoms with E-state index in [9.17, 15) is 13.2 Å². The molecule has 0 atom stereocenters. The maximum Gasteiger partial charge on any atom is 0.417 e. The number of nitrogens with one attached hydrogen (secondary N) is 1. The highest BCUT2D eigenvalue weighted by molar-refractivity contribution is 6.01. The lowest BCUT2D eigenvalue weighted by Gasteiger charge is -2.10. The summed E-state index contributed by atoms with van der Waals surface area (Å²) in [5.41, 5.74) is 3.11. The molecule has 0 spiro atoms. The molecule has 128 valence electrons. The Bertz CT molecular complexity index is 728. The number of pyridine rings is 1. The predicted octanol–water partition coefficient (Wildman–Crippen LogP) is 3.95. The fourth-order valence-corrected chi connectivity index (χ4v) is 1.93. The van der Waals surface area contributed by atoms with Gasteiger partial charge in [0.2, 0.25) is 0 Å². The second-order valence-corrected chi connectivity index (χ2v) is 4.81. The molecule has 1 N–H and O–H groups in total. The molecule has 1 heterocycles. The Kier molecular flexibility index (Phi) is 5.28. The van der Waals surface area contributed by atoms with Crippen LogP contribution in [0.5, 0.6) is 11.5 Å². The summed E-state index contributed by atoms with van der Waals surface area (Å²) in [4.78, 5) is 3.69. The first-order chi connectivity index (χ1) is 11.3. The van der Waals surface area contributed by atoms with Crippen LogP contribution in [0.2, 0.25) is 0 Å². The summed E-state index contributed by atoms with van der Waals surface area (Å²) in [6, 6.07) is 7.40. The summed E-state index contributed by atoms with van der Waals surface area (Å²) in [5.74, 6) is 1.41. The zero-order valence-corrected chi connectivity index (χ0v) is 13.3. The normalized spacial score (nSPS) is 12.0. The molecule has 2 aromatic rings. The number of halogens is 3. The summed E-state index contributed by atoms with van der Waals surface area (Å²) >= 11 is 0. The van der Waals surface area contributed by atoms with E-state index in [1.807, 2.05) is 0 Å². The molecule has 2 rings (SSSR count). The van der Waals surface area contributed by atoms with Gasteiger partial charge in [-0.25, -0.2) is 4.98 Å². The van der Waals surface area contributed by atoms with Crippen molar-refractivity contribution >= 4 is 11.5 Å². The molecule has 0 radical (unpaired) electrons. The first-order valence-electron chi connectivity index (χ1n) is 6.91. The average molecular weight is 339 g/mol. The van der Waals surface area contributed by atoms with E-state index in [1.165, 1.54) is 13.2 Å². The van der Waals surface area contributed by atoms with Crippen molar-refractivity contribution in [2.24, 2.45) is 5.10 Å².